The number of ether oxygens (including phenoxy) is 1. The highest BCUT2D eigenvalue weighted by Crippen LogP contribution is 2.21. The van der Waals surface area contributed by atoms with Gasteiger partial charge in [-0.1, -0.05) is 12.1 Å². The summed E-state index contributed by atoms with van der Waals surface area (Å²) in [5.74, 6) is 0.958. The van der Waals surface area contributed by atoms with Crippen LogP contribution in [0.4, 0.5) is 0 Å². The first-order chi connectivity index (χ1) is 9.82. The molecule has 1 aliphatic rings. The molecule has 1 saturated heterocycles. The van der Waals surface area contributed by atoms with Crippen LogP contribution in [0.2, 0.25) is 0 Å². The molecule has 1 unspecified atom stereocenters. The van der Waals surface area contributed by atoms with Gasteiger partial charge < -0.3 is 14.8 Å². The average Bonchev–Trinajstić information content (AvgIpc) is 2.41. The molecule has 0 aliphatic carbocycles. The standard InChI is InChI=1S/C13H20BNO5S/c1-10-9-21(18,19)6-5-15(10)8-11-7-12(14(16)17)3-4-13(11)20-2/h3-4,7,10,16-17H,5-6,8-9H2,1-2H3. The van der Waals surface area contributed by atoms with E-state index in [9.17, 15) is 18.5 Å². The lowest BCUT2D eigenvalue weighted by atomic mass is 9.79. The number of hydrogen-bond acceptors (Lipinski definition) is 6. The van der Waals surface area contributed by atoms with Crippen molar-refractivity contribution in [1.29, 1.82) is 0 Å². The Morgan fingerprint density at radius 3 is 2.71 bits per heavy atom. The molecule has 0 radical (unpaired) electrons. The summed E-state index contributed by atoms with van der Waals surface area (Å²) in [4.78, 5) is 2.06. The molecular weight excluding hydrogens is 293 g/mol. The van der Waals surface area contributed by atoms with Crippen LogP contribution >= 0.6 is 0 Å². The number of nitrogens with zero attached hydrogens (tertiary/aromatic N) is 1. The fourth-order valence-corrected chi connectivity index (χ4v) is 4.19. The van der Waals surface area contributed by atoms with E-state index < -0.39 is 17.0 Å². The molecule has 1 atom stereocenters. The van der Waals surface area contributed by atoms with Gasteiger partial charge >= 0.3 is 7.12 Å². The molecule has 0 spiro atoms. The van der Waals surface area contributed by atoms with Gasteiger partial charge in [0.1, 0.15) is 5.75 Å². The van der Waals surface area contributed by atoms with Crippen LogP contribution in [0.3, 0.4) is 0 Å². The van der Waals surface area contributed by atoms with Crippen molar-refractivity contribution in [3.05, 3.63) is 23.8 Å². The molecule has 1 heterocycles. The molecule has 2 rings (SSSR count). The van der Waals surface area contributed by atoms with Gasteiger partial charge in [-0.2, -0.15) is 0 Å². The summed E-state index contributed by atoms with van der Waals surface area (Å²) in [6.07, 6.45) is 0. The monoisotopic (exact) mass is 313 g/mol. The summed E-state index contributed by atoms with van der Waals surface area (Å²) in [5.41, 5.74) is 1.21. The maximum atomic E-state index is 11.6. The molecule has 1 aliphatic heterocycles. The van der Waals surface area contributed by atoms with Crippen molar-refractivity contribution < 1.29 is 23.2 Å². The lowest BCUT2D eigenvalue weighted by Crippen LogP contribution is -2.46. The predicted octanol–water partition coefficient (Wildman–Crippen LogP) is -1.01. The summed E-state index contributed by atoms with van der Waals surface area (Å²) >= 11 is 0. The summed E-state index contributed by atoms with van der Waals surface area (Å²) < 4.78 is 28.5. The van der Waals surface area contributed by atoms with Crippen molar-refractivity contribution in [2.45, 2.75) is 19.5 Å². The molecule has 116 valence electrons. The number of sulfone groups is 1. The van der Waals surface area contributed by atoms with E-state index >= 15 is 0 Å². The number of rotatable bonds is 4. The molecule has 1 aromatic carbocycles. The van der Waals surface area contributed by atoms with Crippen LogP contribution < -0.4 is 10.2 Å². The highest BCUT2D eigenvalue weighted by molar-refractivity contribution is 7.91. The third-order valence-corrected chi connectivity index (χ3v) is 5.58. The van der Waals surface area contributed by atoms with E-state index in [1.54, 1.807) is 25.3 Å². The molecule has 0 bridgehead atoms. The number of hydrogen-bond donors (Lipinski definition) is 2. The van der Waals surface area contributed by atoms with E-state index in [4.69, 9.17) is 4.74 Å². The van der Waals surface area contributed by atoms with Gasteiger partial charge in [0.05, 0.1) is 18.6 Å². The normalized spacial score (nSPS) is 22.0. The predicted molar refractivity (Wildman–Crippen MR) is 81.3 cm³/mol. The van der Waals surface area contributed by atoms with E-state index in [2.05, 4.69) is 4.90 Å². The van der Waals surface area contributed by atoms with Crippen LogP contribution in [0, 0.1) is 0 Å². The maximum absolute atomic E-state index is 11.6. The van der Waals surface area contributed by atoms with Crippen molar-refractivity contribution in [1.82, 2.24) is 4.90 Å². The minimum absolute atomic E-state index is 0.0730. The molecule has 1 fully saturated rings. The van der Waals surface area contributed by atoms with Crippen molar-refractivity contribution in [3.8, 4) is 5.75 Å². The molecule has 0 amide bonds. The molecule has 8 heteroatoms. The lowest BCUT2D eigenvalue weighted by molar-refractivity contribution is 0.215. The first-order valence-electron chi connectivity index (χ1n) is 6.80. The quantitative estimate of drug-likeness (QED) is 0.693. The average molecular weight is 313 g/mol. The minimum Gasteiger partial charge on any atom is -0.496 e. The van der Waals surface area contributed by atoms with Crippen LogP contribution in [-0.2, 0) is 16.4 Å². The van der Waals surface area contributed by atoms with Crippen LogP contribution in [0.15, 0.2) is 18.2 Å². The highest BCUT2D eigenvalue weighted by Gasteiger charge is 2.28. The van der Waals surface area contributed by atoms with Gasteiger partial charge in [-0.15, -0.1) is 0 Å². The van der Waals surface area contributed by atoms with Crippen LogP contribution in [0.25, 0.3) is 0 Å². The first kappa shape index (κ1) is 16.3. The molecule has 21 heavy (non-hydrogen) atoms. The Morgan fingerprint density at radius 2 is 2.14 bits per heavy atom. The minimum atomic E-state index is -2.95. The Bertz CT molecular complexity index is 605. The summed E-state index contributed by atoms with van der Waals surface area (Å²) in [7, 11) is -2.93. The Labute approximate surface area is 125 Å². The van der Waals surface area contributed by atoms with E-state index in [-0.39, 0.29) is 17.5 Å². The van der Waals surface area contributed by atoms with Gasteiger partial charge in [0, 0.05) is 24.7 Å². The Balaban J connectivity index is 2.20. The SMILES string of the molecule is COc1ccc(B(O)O)cc1CN1CCS(=O)(=O)CC1C. The number of benzene rings is 1. The fraction of sp³-hybridized carbons (Fsp3) is 0.538. The zero-order valence-corrected chi connectivity index (χ0v) is 13.0. The summed E-state index contributed by atoms with van der Waals surface area (Å²) in [6.45, 7) is 2.87. The summed E-state index contributed by atoms with van der Waals surface area (Å²) in [5, 5.41) is 18.5. The smallest absolute Gasteiger partial charge is 0.488 e. The molecule has 0 saturated carbocycles. The second-order valence-corrected chi connectivity index (χ2v) is 7.61. The van der Waals surface area contributed by atoms with Gasteiger partial charge in [-0.05, 0) is 18.5 Å². The third-order valence-electron chi connectivity index (χ3n) is 3.78. The first-order valence-corrected chi connectivity index (χ1v) is 8.62. The van der Waals surface area contributed by atoms with Crippen LogP contribution in [0.5, 0.6) is 5.75 Å². The van der Waals surface area contributed by atoms with Crippen LogP contribution in [0.1, 0.15) is 12.5 Å². The van der Waals surface area contributed by atoms with Crippen molar-refractivity contribution in [3.63, 3.8) is 0 Å². The molecule has 6 nitrogen and oxygen atoms in total. The van der Waals surface area contributed by atoms with E-state index in [1.807, 2.05) is 6.92 Å². The van der Waals surface area contributed by atoms with Gasteiger partial charge in [0.25, 0.3) is 0 Å². The van der Waals surface area contributed by atoms with E-state index in [0.29, 0.717) is 24.3 Å². The lowest BCUT2D eigenvalue weighted by Gasteiger charge is -2.33. The van der Waals surface area contributed by atoms with Gasteiger partial charge in [0.2, 0.25) is 0 Å². The highest BCUT2D eigenvalue weighted by atomic mass is 32.2. The van der Waals surface area contributed by atoms with Crippen molar-refractivity contribution in [2.75, 3.05) is 25.2 Å². The maximum Gasteiger partial charge on any atom is 0.488 e. The molecule has 0 aromatic heterocycles. The van der Waals surface area contributed by atoms with Crippen LogP contribution in [-0.4, -0.2) is 61.7 Å². The Hall–Kier alpha value is -1.09. The summed E-state index contributed by atoms with van der Waals surface area (Å²) in [6, 6.07) is 4.89. The zero-order chi connectivity index (χ0) is 15.6. The molecule has 2 N–H and O–H groups in total. The number of methoxy groups -OCH3 is 1. The van der Waals surface area contributed by atoms with Gasteiger partial charge in [-0.25, -0.2) is 8.42 Å². The third kappa shape index (κ3) is 3.97. The van der Waals surface area contributed by atoms with E-state index in [1.165, 1.54) is 0 Å². The van der Waals surface area contributed by atoms with Gasteiger partial charge in [0.15, 0.2) is 9.84 Å². The topological polar surface area (TPSA) is 87.1 Å². The van der Waals surface area contributed by atoms with Crippen molar-refractivity contribution >= 4 is 22.4 Å². The Kier molecular flexibility index (Phi) is 4.93. The van der Waals surface area contributed by atoms with Crippen molar-refractivity contribution in [2.24, 2.45) is 0 Å². The Morgan fingerprint density at radius 1 is 1.43 bits per heavy atom. The second kappa shape index (κ2) is 6.35. The molecular formula is C13H20BNO5S. The molecule has 1 aromatic rings. The van der Waals surface area contributed by atoms with Gasteiger partial charge in [-0.3, -0.25) is 4.90 Å². The largest absolute Gasteiger partial charge is 0.496 e. The zero-order valence-electron chi connectivity index (χ0n) is 12.2. The van der Waals surface area contributed by atoms with E-state index in [0.717, 1.165) is 5.56 Å². The second-order valence-electron chi connectivity index (χ2n) is 5.38. The fourth-order valence-electron chi connectivity index (χ4n) is 2.57.